The highest BCUT2D eigenvalue weighted by Crippen LogP contribution is 2.35. The number of nitro groups is 1. The molecule has 150 valence electrons. The number of nitrogens with zero attached hydrogens (tertiary/aromatic N) is 1. The Balaban J connectivity index is 2.37. The first-order chi connectivity index (χ1) is 13.1. The number of nitro benzene ring substituents is 1. The van der Waals surface area contributed by atoms with E-state index in [0.717, 1.165) is 24.3 Å². The van der Waals surface area contributed by atoms with Crippen molar-refractivity contribution in [2.45, 2.75) is 13.3 Å². The summed E-state index contributed by atoms with van der Waals surface area (Å²) in [6.07, 6.45) is -4.90. The summed E-state index contributed by atoms with van der Waals surface area (Å²) in [5, 5.41) is 13.6. The normalized spacial score (nSPS) is 10.9. The quantitative estimate of drug-likeness (QED) is 0.554. The molecule has 0 saturated carbocycles. The molecule has 0 aliphatic heterocycles. The minimum atomic E-state index is -4.90. The smallest absolute Gasteiger partial charge is 0.493 e. The highest BCUT2D eigenvalue weighted by molar-refractivity contribution is 6.07. The number of amides is 1. The van der Waals surface area contributed by atoms with Gasteiger partial charge in [-0.15, -0.1) is 13.2 Å². The number of anilines is 1. The van der Waals surface area contributed by atoms with E-state index in [0.29, 0.717) is 0 Å². The molecule has 1 N–H and O–H groups in total. The van der Waals surface area contributed by atoms with Gasteiger partial charge in [0, 0.05) is 17.8 Å². The van der Waals surface area contributed by atoms with Crippen molar-refractivity contribution in [2.75, 3.05) is 19.0 Å². The first kappa shape index (κ1) is 20.8. The number of hydrogen-bond donors (Lipinski definition) is 1. The zero-order valence-corrected chi connectivity index (χ0v) is 14.7. The van der Waals surface area contributed by atoms with Gasteiger partial charge in [-0.05, 0) is 19.1 Å². The lowest BCUT2D eigenvalue weighted by Crippen LogP contribution is -2.18. The van der Waals surface area contributed by atoms with Gasteiger partial charge in [-0.1, -0.05) is 6.07 Å². The molecule has 0 radical (unpaired) electrons. The first-order valence-electron chi connectivity index (χ1n) is 7.81. The van der Waals surface area contributed by atoms with E-state index in [1.807, 2.05) is 0 Å². The van der Waals surface area contributed by atoms with Crippen molar-refractivity contribution in [3.8, 4) is 17.2 Å². The molecule has 0 bridgehead atoms. The third kappa shape index (κ3) is 5.25. The highest BCUT2D eigenvalue weighted by atomic mass is 19.4. The molecule has 0 aliphatic rings. The Bertz CT molecular complexity index is 886. The van der Waals surface area contributed by atoms with Crippen molar-refractivity contribution in [2.24, 2.45) is 0 Å². The molecule has 0 aromatic heterocycles. The second kappa shape index (κ2) is 8.46. The number of halogens is 3. The molecule has 28 heavy (non-hydrogen) atoms. The van der Waals surface area contributed by atoms with Crippen LogP contribution in [0.15, 0.2) is 36.4 Å². The van der Waals surface area contributed by atoms with E-state index in [9.17, 15) is 28.1 Å². The first-order valence-corrected chi connectivity index (χ1v) is 7.81. The summed E-state index contributed by atoms with van der Waals surface area (Å²) in [6.45, 7) is 1.89. The number of carbonyl (C=O) groups is 1. The van der Waals surface area contributed by atoms with Crippen molar-refractivity contribution in [3.63, 3.8) is 0 Å². The molecule has 0 aliphatic carbocycles. The van der Waals surface area contributed by atoms with Crippen molar-refractivity contribution in [3.05, 3.63) is 52.1 Å². The number of hydrogen-bond acceptors (Lipinski definition) is 6. The van der Waals surface area contributed by atoms with Gasteiger partial charge in [0.25, 0.3) is 11.6 Å². The van der Waals surface area contributed by atoms with Gasteiger partial charge >= 0.3 is 6.36 Å². The number of alkyl halides is 3. The van der Waals surface area contributed by atoms with Gasteiger partial charge in [0.15, 0.2) is 11.5 Å². The average molecular weight is 400 g/mol. The zero-order chi connectivity index (χ0) is 20.9. The fraction of sp³-hybridized carbons (Fsp3) is 0.235. The molecule has 0 saturated heterocycles. The zero-order valence-electron chi connectivity index (χ0n) is 14.7. The number of benzene rings is 2. The van der Waals surface area contributed by atoms with Crippen molar-refractivity contribution in [1.29, 1.82) is 0 Å². The minimum absolute atomic E-state index is 0.0465. The standard InChI is InChI=1S/C17H15F3N2O6/c1-3-27-15-8-12(13(22(24)25)9-14(15)26-2)16(23)21-10-5-4-6-11(7-10)28-17(18,19)20/h4-9H,3H2,1-2H3,(H,21,23). The lowest BCUT2D eigenvalue weighted by molar-refractivity contribution is -0.385. The Labute approximate surface area is 157 Å². The lowest BCUT2D eigenvalue weighted by Gasteiger charge is -2.13. The van der Waals surface area contributed by atoms with Crippen molar-refractivity contribution >= 4 is 17.3 Å². The van der Waals surface area contributed by atoms with Crippen LogP contribution in [0.1, 0.15) is 17.3 Å². The molecule has 0 unspecified atom stereocenters. The van der Waals surface area contributed by atoms with Crippen LogP contribution < -0.4 is 19.5 Å². The van der Waals surface area contributed by atoms with Gasteiger partial charge in [-0.25, -0.2) is 0 Å². The van der Waals surface area contributed by atoms with E-state index in [-0.39, 0.29) is 29.4 Å². The van der Waals surface area contributed by atoms with Crippen molar-refractivity contribution in [1.82, 2.24) is 0 Å². The van der Waals surface area contributed by atoms with Crippen LogP contribution in [-0.4, -0.2) is 30.9 Å². The van der Waals surface area contributed by atoms with Gasteiger partial charge in [0.2, 0.25) is 0 Å². The highest BCUT2D eigenvalue weighted by Gasteiger charge is 2.31. The minimum Gasteiger partial charge on any atom is -0.493 e. The van der Waals surface area contributed by atoms with E-state index in [1.165, 1.54) is 19.2 Å². The largest absolute Gasteiger partial charge is 0.573 e. The lowest BCUT2D eigenvalue weighted by atomic mass is 10.1. The summed E-state index contributed by atoms with van der Waals surface area (Å²) in [6, 6.07) is 6.68. The molecular formula is C17H15F3N2O6. The van der Waals surface area contributed by atoms with Gasteiger partial charge in [-0.2, -0.15) is 0 Å². The summed E-state index contributed by atoms with van der Waals surface area (Å²) < 4.78 is 51.1. The molecule has 0 fully saturated rings. The predicted molar refractivity (Wildman–Crippen MR) is 91.9 cm³/mol. The molecule has 0 heterocycles. The Morgan fingerprint density at radius 3 is 2.50 bits per heavy atom. The van der Waals surface area contributed by atoms with Crippen LogP contribution in [0.5, 0.6) is 17.2 Å². The summed E-state index contributed by atoms with van der Waals surface area (Å²) in [4.78, 5) is 23.0. The summed E-state index contributed by atoms with van der Waals surface area (Å²) in [7, 11) is 1.29. The fourth-order valence-electron chi connectivity index (χ4n) is 2.28. The molecule has 1 amide bonds. The second-order valence-electron chi connectivity index (χ2n) is 5.24. The summed E-state index contributed by atoms with van der Waals surface area (Å²) in [5.41, 5.74) is -0.952. The van der Waals surface area contributed by atoms with E-state index < -0.39 is 28.6 Å². The monoisotopic (exact) mass is 400 g/mol. The van der Waals surface area contributed by atoms with E-state index in [2.05, 4.69) is 10.1 Å². The van der Waals surface area contributed by atoms with Crippen LogP contribution in [-0.2, 0) is 0 Å². The van der Waals surface area contributed by atoms with Crippen LogP contribution in [0, 0.1) is 10.1 Å². The third-order valence-corrected chi connectivity index (χ3v) is 3.35. The van der Waals surface area contributed by atoms with Gasteiger partial charge in [0.05, 0.1) is 24.7 Å². The van der Waals surface area contributed by atoms with Crippen LogP contribution >= 0.6 is 0 Å². The molecule has 8 nitrogen and oxygen atoms in total. The SMILES string of the molecule is CCOc1cc(C(=O)Nc2cccc(OC(F)(F)F)c2)c([N+](=O)[O-])cc1OC. The summed E-state index contributed by atoms with van der Waals surface area (Å²) in [5.74, 6) is -1.30. The number of methoxy groups -OCH3 is 1. The van der Waals surface area contributed by atoms with Crippen LogP contribution in [0.4, 0.5) is 24.5 Å². The Morgan fingerprint density at radius 1 is 1.21 bits per heavy atom. The molecule has 0 atom stereocenters. The number of nitrogens with one attached hydrogen (secondary N) is 1. The molecule has 2 aromatic rings. The van der Waals surface area contributed by atoms with Crippen LogP contribution in [0.3, 0.4) is 0 Å². The Kier molecular flexibility index (Phi) is 6.29. The van der Waals surface area contributed by atoms with Crippen LogP contribution in [0.25, 0.3) is 0 Å². The maximum absolute atomic E-state index is 12.5. The fourth-order valence-corrected chi connectivity index (χ4v) is 2.28. The Morgan fingerprint density at radius 2 is 1.93 bits per heavy atom. The van der Waals surface area contributed by atoms with E-state index in [4.69, 9.17) is 9.47 Å². The molecule has 2 rings (SSSR count). The van der Waals surface area contributed by atoms with E-state index >= 15 is 0 Å². The average Bonchev–Trinajstić information content (AvgIpc) is 2.60. The number of rotatable bonds is 7. The van der Waals surface area contributed by atoms with Gasteiger partial charge in [0.1, 0.15) is 11.3 Å². The third-order valence-electron chi connectivity index (χ3n) is 3.35. The predicted octanol–water partition coefficient (Wildman–Crippen LogP) is 4.15. The van der Waals surface area contributed by atoms with Crippen molar-refractivity contribution < 1.29 is 37.1 Å². The second-order valence-corrected chi connectivity index (χ2v) is 5.24. The summed E-state index contributed by atoms with van der Waals surface area (Å²) >= 11 is 0. The molecule has 2 aromatic carbocycles. The molecular weight excluding hydrogens is 385 g/mol. The molecule has 0 spiro atoms. The molecule has 11 heteroatoms. The maximum atomic E-state index is 12.5. The number of ether oxygens (including phenoxy) is 3. The van der Waals surface area contributed by atoms with Crippen LogP contribution in [0.2, 0.25) is 0 Å². The van der Waals surface area contributed by atoms with Gasteiger partial charge < -0.3 is 19.5 Å². The topological polar surface area (TPSA) is 99.9 Å². The van der Waals surface area contributed by atoms with E-state index in [1.54, 1.807) is 6.92 Å². The van der Waals surface area contributed by atoms with Gasteiger partial charge in [-0.3, -0.25) is 14.9 Å². The number of carbonyl (C=O) groups excluding carboxylic acids is 1. The maximum Gasteiger partial charge on any atom is 0.573 e. The Hall–Kier alpha value is -3.50.